The van der Waals surface area contributed by atoms with Crippen LogP contribution in [0.25, 0.3) is 0 Å². The summed E-state index contributed by atoms with van der Waals surface area (Å²) in [7, 11) is 0. The first kappa shape index (κ1) is 90.9. The van der Waals surface area contributed by atoms with Crippen LogP contribution < -0.4 is 20.4 Å². The van der Waals surface area contributed by atoms with E-state index < -0.39 is 93.8 Å². The Hall–Kier alpha value is -2.88. The fourth-order valence-corrected chi connectivity index (χ4v) is 8.33. The van der Waals surface area contributed by atoms with Crippen LogP contribution >= 0.6 is 0 Å². The van der Waals surface area contributed by atoms with Crippen molar-refractivity contribution in [1.82, 2.24) is 0 Å². The Labute approximate surface area is 531 Å². The van der Waals surface area contributed by atoms with Crippen LogP contribution in [0.2, 0.25) is 0 Å². The maximum Gasteiger partial charge on any atom is 4.00 e. The minimum absolute atomic E-state index is 0. The summed E-state index contributed by atoms with van der Waals surface area (Å²) in [6, 6.07) is 0. The van der Waals surface area contributed by atoms with E-state index in [1.54, 1.807) is 55.4 Å². The van der Waals surface area contributed by atoms with Crippen molar-refractivity contribution in [2.24, 2.45) is 21.7 Å². The van der Waals surface area contributed by atoms with Gasteiger partial charge in [-0.05, 0) is 103 Å². The van der Waals surface area contributed by atoms with Gasteiger partial charge in [0.2, 0.25) is 25.2 Å². The molecule has 0 bridgehead atoms. The van der Waals surface area contributed by atoms with Crippen molar-refractivity contribution in [3.63, 3.8) is 0 Å². The first-order valence-electron chi connectivity index (χ1n) is 31.9. The first-order chi connectivity index (χ1) is 40.0. The summed E-state index contributed by atoms with van der Waals surface area (Å²) in [6.45, 7) is 32.6. The van der Waals surface area contributed by atoms with E-state index in [1.807, 2.05) is 55.4 Å². The Morgan fingerprint density at radius 2 is 0.353 bits per heavy atom. The van der Waals surface area contributed by atoms with Gasteiger partial charge in [0.15, 0.2) is 23.1 Å². The van der Waals surface area contributed by atoms with Crippen molar-refractivity contribution in [1.29, 1.82) is 0 Å². The fraction of sp³-hybridized carbons (Fsp3) is 0.875. The molecule has 0 unspecified atom stereocenters. The smallest absolute Gasteiger partial charge is 0.549 e. The van der Waals surface area contributed by atoms with E-state index in [0.717, 1.165) is 103 Å². The topological polar surface area (TPSA) is 303 Å². The molecule has 0 aromatic heterocycles. The van der Waals surface area contributed by atoms with Crippen LogP contribution in [0.1, 0.15) is 265 Å². The second-order valence-electron chi connectivity index (χ2n) is 20.9. The van der Waals surface area contributed by atoms with Gasteiger partial charge in [-0.3, -0.25) is 19.2 Å². The standard InChI is InChI=1S/4C16H30O5.Zr/c4*1-5-9-11-20-14(21-12-10-6-2)13(17)16(7-3,8-4)15(18)19;/h4*14H,5-12H2,1-4H3,(H,18,19);/q;;;;+4/p-4. The van der Waals surface area contributed by atoms with E-state index in [9.17, 15) is 58.8 Å². The summed E-state index contributed by atoms with van der Waals surface area (Å²) < 4.78 is 43.9. The Morgan fingerprint density at radius 1 is 0.247 bits per heavy atom. The summed E-state index contributed by atoms with van der Waals surface area (Å²) >= 11 is 0. The molecule has 85 heavy (non-hydrogen) atoms. The van der Waals surface area contributed by atoms with Crippen LogP contribution in [0, 0.1) is 21.7 Å². The Bertz CT molecular complexity index is 1460. The van der Waals surface area contributed by atoms with Crippen LogP contribution in [0.4, 0.5) is 0 Å². The molecule has 20 nitrogen and oxygen atoms in total. The molecule has 0 saturated heterocycles. The van der Waals surface area contributed by atoms with Gasteiger partial charge >= 0.3 is 26.2 Å². The summed E-state index contributed by atoms with van der Waals surface area (Å²) in [4.78, 5) is 96.1. The number of carboxylic acid groups (broad SMARTS) is 4. The zero-order valence-electron chi connectivity index (χ0n) is 55.6. The van der Waals surface area contributed by atoms with Crippen molar-refractivity contribution in [3.8, 4) is 0 Å². The molecule has 0 atom stereocenters. The van der Waals surface area contributed by atoms with Gasteiger partial charge in [0.1, 0.15) is 0 Å². The number of ketones is 4. The number of hydrogen-bond acceptors (Lipinski definition) is 20. The van der Waals surface area contributed by atoms with Gasteiger partial charge in [-0.1, -0.05) is 162 Å². The fourth-order valence-electron chi connectivity index (χ4n) is 8.33. The van der Waals surface area contributed by atoms with Gasteiger partial charge in [-0.25, -0.2) is 0 Å². The molecule has 0 radical (unpaired) electrons. The Morgan fingerprint density at radius 3 is 0.424 bits per heavy atom. The molecule has 0 aliphatic heterocycles. The number of hydrogen-bond donors (Lipinski definition) is 0. The number of unbranched alkanes of at least 4 members (excludes halogenated alkanes) is 8. The zero-order chi connectivity index (χ0) is 65.2. The SMILES string of the molecule is CCCCOC(OCCCC)C(=O)C(CC)(CC)C(=O)[O-].CCCCOC(OCCCC)C(=O)C(CC)(CC)C(=O)[O-].CCCCOC(OCCCC)C(=O)C(CC)(CC)C(=O)[O-].CCCCOC(OCCCC)C(=O)C(CC)(CC)C(=O)[O-].[Zr+4]. The number of rotatable bonds is 52. The van der Waals surface area contributed by atoms with E-state index in [1.165, 1.54) is 0 Å². The maximum atomic E-state index is 12.6. The molecular formula is C64H116O20Zr. The van der Waals surface area contributed by atoms with E-state index in [0.29, 0.717) is 52.9 Å². The van der Waals surface area contributed by atoms with Crippen LogP contribution in [0.3, 0.4) is 0 Å². The van der Waals surface area contributed by atoms with Gasteiger partial charge in [-0.2, -0.15) is 0 Å². The Kier molecular flexibility index (Phi) is 59.0. The summed E-state index contributed by atoms with van der Waals surface area (Å²) in [5, 5.41) is 45.8. The maximum absolute atomic E-state index is 12.6. The monoisotopic (exact) mass is 1290 g/mol. The van der Waals surface area contributed by atoms with Crippen LogP contribution in [0.5, 0.6) is 0 Å². The average Bonchev–Trinajstić information content (AvgIpc) is 3.69. The number of Topliss-reactive ketones (excluding diaryl/α,β-unsaturated/α-hetero) is 4. The molecule has 21 heteroatoms. The molecule has 0 amide bonds. The number of carbonyl (C=O) groups is 8. The van der Waals surface area contributed by atoms with Gasteiger partial charge in [0.25, 0.3) is 0 Å². The minimum Gasteiger partial charge on any atom is -0.549 e. The minimum atomic E-state index is -1.52. The molecular weight excluding hydrogens is 1180 g/mol. The first-order valence-corrected chi connectivity index (χ1v) is 31.9. The third-order valence-electron chi connectivity index (χ3n) is 15.3. The second kappa shape index (κ2) is 55.2. The second-order valence-corrected chi connectivity index (χ2v) is 20.9. The van der Waals surface area contributed by atoms with Gasteiger partial charge in [0.05, 0.1) is 98.4 Å². The molecule has 0 spiro atoms. The van der Waals surface area contributed by atoms with E-state index in [2.05, 4.69) is 0 Å². The predicted octanol–water partition coefficient (Wildman–Crippen LogP) is 8.28. The van der Waals surface area contributed by atoms with Gasteiger partial charge < -0.3 is 77.5 Å². The largest absolute Gasteiger partial charge is 4.00 e. The third-order valence-corrected chi connectivity index (χ3v) is 15.3. The van der Waals surface area contributed by atoms with Crippen LogP contribution in [-0.4, -0.2) is 125 Å². The van der Waals surface area contributed by atoms with Gasteiger partial charge in [0, 0.05) is 0 Å². The van der Waals surface area contributed by atoms with Crippen molar-refractivity contribution in [2.75, 3.05) is 52.9 Å². The van der Waals surface area contributed by atoms with Crippen molar-refractivity contribution in [2.45, 2.75) is 290 Å². The average molecular weight is 1300 g/mol. The molecule has 0 fully saturated rings. The normalized spacial score (nSPS) is 11.7. The Balaban J connectivity index is -0.000000333. The van der Waals surface area contributed by atoms with E-state index in [4.69, 9.17) is 37.9 Å². The van der Waals surface area contributed by atoms with E-state index in [-0.39, 0.29) is 77.6 Å². The zero-order valence-corrected chi connectivity index (χ0v) is 58.1. The van der Waals surface area contributed by atoms with Crippen molar-refractivity contribution in [3.05, 3.63) is 0 Å². The number of aliphatic carboxylic acids is 4. The van der Waals surface area contributed by atoms with Crippen LogP contribution in [0.15, 0.2) is 0 Å². The molecule has 0 aliphatic rings. The molecule has 0 rings (SSSR count). The third kappa shape index (κ3) is 32.4. The number of ether oxygens (including phenoxy) is 8. The van der Waals surface area contributed by atoms with E-state index >= 15 is 0 Å². The predicted molar refractivity (Wildman–Crippen MR) is 314 cm³/mol. The van der Waals surface area contributed by atoms with Crippen LogP contribution in [-0.2, 0) is 102 Å². The van der Waals surface area contributed by atoms with Gasteiger partial charge in [-0.15, -0.1) is 0 Å². The summed E-state index contributed by atoms with van der Waals surface area (Å²) in [5.41, 5.74) is -6.10. The molecule has 0 aliphatic carbocycles. The molecule has 0 N–H and O–H groups in total. The van der Waals surface area contributed by atoms with Crippen molar-refractivity contribution >= 4 is 47.0 Å². The van der Waals surface area contributed by atoms with Crippen molar-refractivity contribution < 1.29 is 123 Å². The summed E-state index contributed by atoms with van der Waals surface area (Å²) in [5.74, 6) is -7.50. The molecule has 0 aromatic rings. The molecule has 0 saturated carbocycles. The number of carboxylic acids is 4. The molecule has 496 valence electrons. The number of carbonyl (C=O) groups excluding carboxylic acids is 8. The molecule has 0 aromatic carbocycles. The summed E-state index contributed by atoms with van der Waals surface area (Å²) in [6.07, 6.45) is 10.9. The quantitative estimate of drug-likeness (QED) is 0.0314. The molecule has 0 heterocycles.